The minimum atomic E-state index is -0.820. The van der Waals surface area contributed by atoms with Crippen molar-refractivity contribution in [1.29, 1.82) is 0 Å². The molecule has 0 radical (unpaired) electrons. The van der Waals surface area contributed by atoms with Gasteiger partial charge in [-0.15, -0.1) is 0 Å². The molecule has 0 aromatic heterocycles. The Hall–Kier alpha value is -1.13. The molecule has 0 spiro atoms. The summed E-state index contributed by atoms with van der Waals surface area (Å²) >= 11 is 0. The Kier molecular flexibility index (Phi) is 2.85. The van der Waals surface area contributed by atoms with Crippen LogP contribution >= 0.6 is 0 Å². The van der Waals surface area contributed by atoms with Gasteiger partial charge in [-0.2, -0.15) is 0 Å². The van der Waals surface area contributed by atoms with Crippen molar-refractivity contribution >= 4 is 0 Å². The molecule has 2 atom stereocenters. The first-order valence-corrected chi connectivity index (χ1v) is 3.94. The molecule has 0 fully saturated rings. The van der Waals surface area contributed by atoms with Crippen LogP contribution in [0.25, 0.3) is 0 Å². The largest absolute Gasteiger partial charge is 0.508 e. The minimum absolute atomic E-state index is 0.154. The number of phenolic OH excluding ortho intramolecular Hbond substituents is 1. The zero-order chi connectivity index (χ0) is 10.0. The normalized spacial score (nSPS) is 15.4. The first kappa shape index (κ1) is 9.95. The molecule has 1 aromatic rings. The number of aromatic hydroxyl groups is 1. The molecule has 0 amide bonds. The van der Waals surface area contributed by atoms with E-state index in [2.05, 4.69) is 0 Å². The first-order valence-electron chi connectivity index (χ1n) is 3.94. The minimum Gasteiger partial charge on any atom is -0.508 e. The Morgan fingerprint density at radius 2 is 2.08 bits per heavy atom. The molecule has 0 aliphatic rings. The lowest BCUT2D eigenvalue weighted by Gasteiger charge is -2.15. The Balaban J connectivity index is 3.01. The van der Waals surface area contributed by atoms with Crippen molar-refractivity contribution in [1.82, 2.24) is 0 Å². The van der Waals surface area contributed by atoms with Crippen molar-refractivity contribution in [3.8, 4) is 5.75 Å². The van der Waals surface area contributed by atoms with E-state index in [-0.39, 0.29) is 11.3 Å². The maximum absolute atomic E-state index is 13.1. The van der Waals surface area contributed by atoms with Crippen molar-refractivity contribution in [3.63, 3.8) is 0 Å². The Bertz CT molecular complexity index is 302. The van der Waals surface area contributed by atoms with Gasteiger partial charge in [-0.25, -0.2) is 4.39 Å². The van der Waals surface area contributed by atoms with E-state index < -0.39 is 18.0 Å². The van der Waals surface area contributed by atoms with E-state index in [4.69, 9.17) is 15.9 Å². The number of benzene rings is 1. The number of hydrogen-bond donors (Lipinski definition) is 3. The van der Waals surface area contributed by atoms with Crippen LogP contribution in [0.1, 0.15) is 18.5 Å². The molecule has 0 bridgehead atoms. The molecule has 0 aliphatic carbocycles. The summed E-state index contributed by atoms with van der Waals surface area (Å²) in [7, 11) is 0. The monoisotopic (exact) mass is 185 g/mol. The Labute approximate surface area is 75.6 Å². The van der Waals surface area contributed by atoms with Gasteiger partial charge in [0.05, 0.1) is 12.1 Å². The van der Waals surface area contributed by atoms with E-state index >= 15 is 0 Å². The van der Waals surface area contributed by atoms with Crippen molar-refractivity contribution < 1.29 is 14.6 Å². The van der Waals surface area contributed by atoms with Gasteiger partial charge in [0.1, 0.15) is 11.6 Å². The van der Waals surface area contributed by atoms with Crippen LogP contribution in [-0.2, 0) is 0 Å². The lowest BCUT2D eigenvalue weighted by molar-refractivity contribution is 0.162. The van der Waals surface area contributed by atoms with Gasteiger partial charge in [0.15, 0.2) is 0 Å². The van der Waals surface area contributed by atoms with Gasteiger partial charge >= 0.3 is 0 Å². The third kappa shape index (κ3) is 2.17. The van der Waals surface area contributed by atoms with Gasteiger partial charge in [0.25, 0.3) is 0 Å². The van der Waals surface area contributed by atoms with Crippen LogP contribution in [0.2, 0.25) is 0 Å². The molecule has 4 heteroatoms. The fourth-order valence-electron chi connectivity index (χ4n) is 1.05. The van der Waals surface area contributed by atoms with Gasteiger partial charge in [0.2, 0.25) is 0 Å². The summed E-state index contributed by atoms with van der Waals surface area (Å²) < 4.78 is 13.1. The van der Waals surface area contributed by atoms with Gasteiger partial charge in [-0.3, -0.25) is 0 Å². The molecule has 1 aromatic carbocycles. The predicted octanol–water partition coefficient (Wildman–Crippen LogP) is 0.912. The van der Waals surface area contributed by atoms with Crippen LogP contribution in [0, 0.1) is 5.82 Å². The number of halogens is 1. The molecule has 4 N–H and O–H groups in total. The highest BCUT2D eigenvalue weighted by Crippen LogP contribution is 2.21. The lowest BCUT2D eigenvalue weighted by Crippen LogP contribution is -2.24. The number of nitrogens with two attached hydrogens (primary N) is 1. The molecule has 0 saturated heterocycles. The van der Waals surface area contributed by atoms with E-state index in [1.54, 1.807) is 0 Å². The number of hydrogen-bond acceptors (Lipinski definition) is 3. The topological polar surface area (TPSA) is 66.5 Å². The highest BCUT2D eigenvalue weighted by molar-refractivity contribution is 5.30. The van der Waals surface area contributed by atoms with Crippen LogP contribution in [0.3, 0.4) is 0 Å². The first-order chi connectivity index (χ1) is 6.02. The molecule has 13 heavy (non-hydrogen) atoms. The van der Waals surface area contributed by atoms with E-state index in [0.29, 0.717) is 0 Å². The van der Waals surface area contributed by atoms with Crippen LogP contribution in [-0.4, -0.2) is 16.3 Å². The van der Waals surface area contributed by atoms with Crippen LogP contribution in [0.15, 0.2) is 18.2 Å². The van der Waals surface area contributed by atoms with E-state index in [1.807, 2.05) is 0 Å². The molecular weight excluding hydrogens is 173 g/mol. The second-order valence-corrected chi connectivity index (χ2v) is 2.97. The second-order valence-electron chi connectivity index (χ2n) is 2.97. The molecule has 1 rings (SSSR count). The molecule has 72 valence electrons. The molecule has 0 aliphatic heterocycles. The summed E-state index contributed by atoms with van der Waals surface area (Å²) in [5.41, 5.74) is 5.72. The van der Waals surface area contributed by atoms with Gasteiger partial charge in [-0.1, -0.05) is 6.07 Å². The third-order valence-electron chi connectivity index (χ3n) is 1.86. The second kappa shape index (κ2) is 3.72. The summed E-state index contributed by atoms with van der Waals surface area (Å²) in [6.07, 6.45) is -0.820. The number of phenols is 1. The van der Waals surface area contributed by atoms with Crippen molar-refractivity contribution in [3.05, 3.63) is 29.6 Å². The quantitative estimate of drug-likeness (QED) is 0.641. The average Bonchev–Trinajstić information content (AvgIpc) is 2.03. The number of rotatable bonds is 2. The summed E-state index contributed by atoms with van der Waals surface area (Å²) in [6.45, 7) is 1.48. The smallest absolute Gasteiger partial charge is 0.131 e. The summed E-state index contributed by atoms with van der Waals surface area (Å²) in [6, 6.07) is 2.90. The van der Waals surface area contributed by atoms with Crippen LogP contribution in [0.4, 0.5) is 4.39 Å². The molecule has 3 nitrogen and oxygen atoms in total. The van der Waals surface area contributed by atoms with E-state index in [9.17, 15) is 4.39 Å². The van der Waals surface area contributed by atoms with Crippen LogP contribution < -0.4 is 5.73 Å². The summed E-state index contributed by atoms with van der Waals surface area (Å²) in [5, 5.41) is 18.0. The van der Waals surface area contributed by atoms with Gasteiger partial charge in [0, 0.05) is 11.6 Å². The highest BCUT2D eigenvalue weighted by atomic mass is 19.1. The Morgan fingerprint density at radius 1 is 1.46 bits per heavy atom. The summed E-state index contributed by atoms with van der Waals surface area (Å²) in [4.78, 5) is 0. The maximum Gasteiger partial charge on any atom is 0.131 e. The van der Waals surface area contributed by atoms with Gasteiger partial charge in [-0.05, 0) is 13.0 Å². The van der Waals surface area contributed by atoms with Crippen molar-refractivity contribution in [2.45, 2.75) is 19.1 Å². The summed E-state index contributed by atoms with van der Waals surface area (Å²) in [5.74, 6) is -0.757. The third-order valence-corrected chi connectivity index (χ3v) is 1.86. The van der Waals surface area contributed by atoms with E-state index in [0.717, 1.165) is 6.07 Å². The zero-order valence-electron chi connectivity index (χ0n) is 7.24. The molecule has 1 unspecified atom stereocenters. The highest BCUT2D eigenvalue weighted by Gasteiger charge is 2.16. The molecule has 0 heterocycles. The van der Waals surface area contributed by atoms with Crippen molar-refractivity contribution in [2.24, 2.45) is 5.73 Å². The van der Waals surface area contributed by atoms with Crippen molar-refractivity contribution in [2.75, 3.05) is 0 Å². The van der Waals surface area contributed by atoms with Crippen LogP contribution in [0.5, 0.6) is 5.75 Å². The maximum atomic E-state index is 13.1. The lowest BCUT2D eigenvalue weighted by atomic mass is 10.0. The van der Waals surface area contributed by atoms with Gasteiger partial charge < -0.3 is 15.9 Å². The Morgan fingerprint density at radius 3 is 2.54 bits per heavy atom. The zero-order valence-corrected chi connectivity index (χ0v) is 7.24. The molecular formula is C9H12FNO2. The standard InChI is InChI=1S/C9H12FNO2/c1-5(12)9(11)7-3-2-6(13)4-8(7)10/h2-5,9,12-13H,11H2,1H3/t5?,9-/m0/s1. The number of aliphatic hydroxyl groups excluding tert-OH is 1. The number of aliphatic hydroxyl groups is 1. The fraction of sp³-hybridized carbons (Fsp3) is 0.333. The average molecular weight is 185 g/mol. The van der Waals surface area contributed by atoms with E-state index in [1.165, 1.54) is 19.1 Å². The molecule has 0 saturated carbocycles. The SMILES string of the molecule is CC(O)[C@H](N)c1ccc(O)cc1F. The fourth-order valence-corrected chi connectivity index (χ4v) is 1.05. The predicted molar refractivity (Wildman–Crippen MR) is 46.7 cm³/mol.